The number of carbonyl (C=O) groups is 1. The fourth-order valence-corrected chi connectivity index (χ4v) is 0.942. The number of nitrogens with zero attached hydrogens (tertiary/aromatic N) is 2. The molecule has 1 amide bonds. The van der Waals surface area contributed by atoms with Gasteiger partial charge >= 0.3 is 0 Å². The predicted molar refractivity (Wildman–Crippen MR) is 49.9 cm³/mol. The van der Waals surface area contributed by atoms with Crippen molar-refractivity contribution in [3.63, 3.8) is 0 Å². The number of methoxy groups -OCH3 is 1. The highest BCUT2D eigenvalue weighted by Crippen LogP contribution is 1.90. The van der Waals surface area contributed by atoms with Crippen LogP contribution in [0.1, 0.15) is 22.9 Å². The molecule has 0 fully saturated rings. The number of amides is 1. The van der Waals surface area contributed by atoms with Crippen LogP contribution in [0.4, 0.5) is 0 Å². The number of aryl methyl sites for hydroxylation is 1. The first kappa shape index (κ1) is 10.6. The number of H-pyrrole nitrogens is 1. The first-order valence-electron chi connectivity index (χ1n) is 4.40. The van der Waals surface area contributed by atoms with Crippen molar-refractivity contribution in [2.45, 2.75) is 13.3 Å². The SMILES string of the molecule is COCCCNC(=O)c1n[nH]c(C)n1. The van der Waals surface area contributed by atoms with Crippen LogP contribution in [0, 0.1) is 6.92 Å². The Morgan fingerprint density at radius 2 is 2.43 bits per heavy atom. The number of rotatable bonds is 5. The van der Waals surface area contributed by atoms with Gasteiger partial charge in [0.25, 0.3) is 5.91 Å². The Labute approximate surface area is 82.1 Å². The van der Waals surface area contributed by atoms with Crippen LogP contribution in [0.15, 0.2) is 0 Å². The number of ether oxygens (including phenoxy) is 1. The molecule has 0 saturated carbocycles. The van der Waals surface area contributed by atoms with Crippen molar-refractivity contribution in [2.75, 3.05) is 20.3 Å². The van der Waals surface area contributed by atoms with E-state index in [9.17, 15) is 4.79 Å². The molecule has 78 valence electrons. The number of hydrogen-bond donors (Lipinski definition) is 2. The zero-order valence-electron chi connectivity index (χ0n) is 8.33. The van der Waals surface area contributed by atoms with Crippen molar-refractivity contribution in [2.24, 2.45) is 0 Å². The summed E-state index contributed by atoms with van der Waals surface area (Å²) >= 11 is 0. The first-order valence-corrected chi connectivity index (χ1v) is 4.40. The van der Waals surface area contributed by atoms with E-state index in [1.807, 2.05) is 0 Å². The maximum absolute atomic E-state index is 11.3. The first-order chi connectivity index (χ1) is 6.74. The van der Waals surface area contributed by atoms with Crippen LogP contribution in [0.25, 0.3) is 0 Å². The molecule has 0 aliphatic rings. The van der Waals surface area contributed by atoms with E-state index < -0.39 is 0 Å². The Morgan fingerprint density at radius 1 is 1.64 bits per heavy atom. The molecular weight excluding hydrogens is 184 g/mol. The molecule has 1 aromatic rings. The molecule has 0 spiro atoms. The Kier molecular flexibility index (Phi) is 4.06. The molecule has 6 heteroatoms. The van der Waals surface area contributed by atoms with E-state index in [4.69, 9.17) is 4.74 Å². The third-order valence-corrected chi connectivity index (χ3v) is 1.61. The number of aromatic nitrogens is 3. The summed E-state index contributed by atoms with van der Waals surface area (Å²) in [5.74, 6) is 0.553. The maximum atomic E-state index is 11.3. The van der Waals surface area contributed by atoms with Crippen LogP contribution in [0.2, 0.25) is 0 Å². The molecular formula is C8H14N4O2. The van der Waals surface area contributed by atoms with Gasteiger partial charge in [-0.1, -0.05) is 0 Å². The second kappa shape index (κ2) is 5.33. The van der Waals surface area contributed by atoms with Gasteiger partial charge in [-0.05, 0) is 13.3 Å². The summed E-state index contributed by atoms with van der Waals surface area (Å²) in [7, 11) is 1.63. The van der Waals surface area contributed by atoms with Crippen molar-refractivity contribution < 1.29 is 9.53 Å². The van der Waals surface area contributed by atoms with Crippen molar-refractivity contribution in [3.8, 4) is 0 Å². The molecule has 0 atom stereocenters. The average Bonchev–Trinajstić information content (AvgIpc) is 2.59. The number of aromatic amines is 1. The molecule has 0 aliphatic carbocycles. The van der Waals surface area contributed by atoms with Gasteiger partial charge in [0.15, 0.2) is 0 Å². The summed E-state index contributed by atoms with van der Waals surface area (Å²) in [4.78, 5) is 15.2. The number of nitrogens with one attached hydrogen (secondary N) is 2. The van der Waals surface area contributed by atoms with Crippen LogP contribution in [-0.4, -0.2) is 41.3 Å². The topological polar surface area (TPSA) is 79.9 Å². The molecule has 0 bridgehead atoms. The highest BCUT2D eigenvalue weighted by atomic mass is 16.5. The van der Waals surface area contributed by atoms with Crippen molar-refractivity contribution in [3.05, 3.63) is 11.6 Å². The average molecular weight is 198 g/mol. The largest absolute Gasteiger partial charge is 0.385 e. The standard InChI is InChI=1S/C8H14N4O2/c1-6-10-7(12-11-6)8(13)9-4-3-5-14-2/h3-5H2,1-2H3,(H,9,13)(H,10,11,12). The predicted octanol–water partition coefficient (Wildman–Crippen LogP) is -0.121. The van der Waals surface area contributed by atoms with E-state index in [0.717, 1.165) is 6.42 Å². The third kappa shape index (κ3) is 3.14. The van der Waals surface area contributed by atoms with Gasteiger partial charge in [0.2, 0.25) is 5.82 Å². The lowest BCUT2D eigenvalue weighted by Crippen LogP contribution is -2.26. The minimum Gasteiger partial charge on any atom is -0.385 e. The van der Waals surface area contributed by atoms with Crippen molar-refractivity contribution >= 4 is 5.91 Å². The summed E-state index contributed by atoms with van der Waals surface area (Å²) in [6.07, 6.45) is 0.783. The zero-order chi connectivity index (χ0) is 10.4. The zero-order valence-corrected chi connectivity index (χ0v) is 8.33. The van der Waals surface area contributed by atoms with Crippen molar-refractivity contribution in [1.29, 1.82) is 0 Å². The highest BCUT2D eigenvalue weighted by Gasteiger charge is 2.09. The Bertz CT molecular complexity index is 297. The molecule has 2 N–H and O–H groups in total. The number of carbonyl (C=O) groups excluding carboxylic acids is 1. The van der Waals surface area contributed by atoms with Gasteiger partial charge in [0.05, 0.1) is 0 Å². The van der Waals surface area contributed by atoms with E-state index >= 15 is 0 Å². The summed E-state index contributed by atoms with van der Waals surface area (Å²) in [5.41, 5.74) is 0. The molecule has 6 nitrogen and oxygen atoms in total. The van der Waals surface area contributed by atoms with Gasteiger partial charge in [0, 0.05) is 20.3 Å². The van der Waals surface area contributed by atoms with Gasteiger partial charge in [-0.3, -0.25) is 9.89 Å². The quantitative estimate of drug-likeness (QED) is 0.646. The normalized spacial score (nSPS) is 10.1. The van der Waals surface area contributed by atoms with Crippen LogP contribution in [0.5, 0.6) is 0 Å². The summed E-state index contributed by atoms with van der Waals surface area (Å²) in [6.45, 7) is 2.95. The molecule has 0 saturated heterocycles. The fraction of sp³-hybridized carbons (Fsp3) is 0.625. The number of hydrogen-bond acceptors (Lipinski definition) is 4. The fourth-order valence-electron chi connectivity index (χ4n) is 0.942. The Hall–Kier alpha value is -1.43. The van der Waals surface area contributed by atoms with E-state index in [0.29, 0.717) is 19.0 Å². The van der Waals surface area contributed by atoms with Gasteiger partial charge in [-0.25, -0.2) is 4.98 Å². The van der Waals surface area contributed by atoms with Crippen LogP contribution >= 0.6 is 0 Å². The molecule has 14 heavy (non-hydrogen) atoms. The Morgan fingerprint density at radius 3 is 3.00 bits per heavy atom. The van der Waals surface area contributed by atoms with Crippen LogP contribution in [0.3, 0.4) is 0 Å². The second-order valence-corrected chi connectivity index (χ2v) is 2.85. The smallest absolute Gasteiger partial charge is 0.290 e. The summed E-state index contributed by atoms with van der Waals surface area (Å²) in [5, 5.41) is 9.02. The van der Waals surface area contributed by atoms with Crippen LogP contribution in [-0.2, 0) is 4.74 Å². The van der Waals surface area contributed by atoms with Crippen LogP contribution < -0.4 is 5.32 Å². The van der Waals surface area contributed by atoms with Gasteiger partial charge in [-0.2, -0.15) is 0 Å². The van der Waals surface area contributed by atoms with Gasteiger partial charge in [0.1, 0.15) is 5.82 Å². The molecule has 0 aliphatic heterocycles. The lowest BCUT2D eigenvalue weighted by molar-refractivity contribution is 0.0938. The van der Waals surface area contributed by atoms with Gasteiger partial charge < -0.3 is 10.1 Å². The Balaban J connectivity index is 2.29. The van der Waals surface area contributed by atoms with Crippen molar-refractivity contribution in [1.82, 2.24) is 20.5 Å². The molecule has 1 aromatic heterocycles. The molecule has 0 unspecified atom stereocenters. The van der Waals surface area contributed by atoms with E-state index in [1.165, 1.54) is 0 Å². The molecule has 1 rings (SSSR count). The lowest BCUT2D eigenvalue weighted by Gasteiger charge is -2.00. The third-order valence-electron chi connectivity index (χ3n) is 1.61. The highest BCUT2D eigenvalue weighted by molar-refractivity contribution is 5.90. The second-order valence-electron chi connectivity index (χ2n) is 2.85. The van der Waals surface area contributed by atoms with E-state index in [-0.39, 0.29) is 11.7 Å². The van der Waals surface area contributed by atoms with Gasteiger partial charge in [-0.15, -0.1) is 5.10 Å². The van der Waals surface area contributed by atoms with E-state index in [2.05, 4.69) is 20.5 Å². The molecule has 1 heterocycles. The molecule has 0 aromatic carbocycles. The maximum Gasteiger partial charge on any atom is 0.290 e. The van der Waals surface area contributed by atoms with E-state index in [1.54, 1.807) is 14.0 Å². The molecule has 0 radical (unpaired) electrons. The minimum absolute atomic E-state index is 0.180. The monoisotopic (exact) mass is 198 g/mol. The summed E-state index contributed by atoms with van der Waals surface area (Å²) < 4.78 is 4.84. The summed E-state index contributed by atoms with van der Waals surface area (Å²) in [6, 6.07) is 0. The minimum atomic E-state index is -0.259. The lowest BCUT2D eigenvalue weighted by atomic mass is 10.4.